The van der Waals surface area contributed by atoms with E-state index in [-0.39, 0.29) is 13.6 Å². The Morgan fingerprint density at radius 2 is 1.15 bits per heavy atom. The van der Waals surface area contributed by atoms with Gasteiger partial charge in [0, 0.05) is 16.7 Å². The molecule has 1 aliphatic carbocycles. The van der Waals surface area contributed by atoms with Gasteiger partial charge in [-0.05, 0) is 117 Å². The summed E-state index contributed by atoms with van der Waals surface area (Å²) in [7, 11) is 0. The van der Waals surface area contributed by atoms with E-state index in [0.717, 1.165) is 56.3 Å². The Hall–Kier alpha value is -6.25. The third-order valence-electron chi connectivity index (χ3n) is 8.68. The topological polar surface area (TPSA) is 49.8 Å². The maximum Gasteiger partial charge on any atom is 0.231 e. The fourth-order valence-electron chi connectivity index (χ4n) is 6.42. The highest BCUT2D eigenvalue weighted by Crippen LogP contribution is 2.47. The summed E-state index contributed by atoms with van der Waals surface area (Å²) >= 11 is 0. The summed E-state index contributed by atoms with van der Waals surface area (Å²) < 4.78 is 22.5. The molecule has 0 fully saturated rings. The summed E-state index contributed by atoms with van der Waals surface area (Å²) in [4.78, 5) is 5.12. The predicted octanol–water partition coefficient (Wildman–Crippen LogP) is 9.09. The molecule has 3 heterocycles. The molecule has 0 N–H and O–H groups in total. The molecule has 218 valence electrons. The van der Waals surface area contributed by atoms with Gasteiger partial charge in [-0.1, -0.05) is 54.5 Å². The van der Waals surface area contributed by atoms with Crippen LogP contribution in [0.4, 0.5) is 0 Å². The molecule has 5 heteroatoms. The zero-order chi connectivity index (χ0) is 30.6. The summed E-state index contributed by atoms with van der Waals surface area (Å²) in [6, 6.07) is 39.5. The molecule has 0 spiro atoms. The minimum absolute atomic E-state index is 0.217. The molecule has 9 rings (SSSR count). The van der Waals surface area contributed by atoms with E-state index < -0.39 is 0 Å². The maximum atomic E-state index is 5.72. The second-order valence-corrected chi connectivity index (χ2v) is 11.4. The van der Waals surface area contributed by atoms with Crippen molar-refractivity contribution in [3.05, 3.63) is 138 Å². The highest BCUT2D eigenvalue weighted by Gasteiger charge is 2.24. The zero-order valence-electron chi connectivity index (χ0n) is 24.6. The van der Waals surface area contributed by atoms with E-state index in [9.17, 15) is 0 Å². The maximum absolute atomic E-state index is 5.72. The molecule has 5 nitrogen and oxygen atoms in total. The molecule has 0 bridgehead atoms. The number of nitrogens with zero attached hydrogens (tertiary/aromatic N) is 1. The van der Waals surface area contributed by atoms with Crippen LogP contribution in [0.1, 0.15) is 22.3 Å². The average Bonchev–Trinajstić information content (AvgIpc) is 3.85. The molecule has 46 heavy (non-hydrogen) atoms. The number of pyridine rings is 1. The Bertz CT molecular complexity index is 2220. The molecular formula is C41H25NO4. The van der Waals surface area contributed by atoms with Crippen LogP contribution < -0.4 is 18.9 Å². The lowest BCUT2D eigenvalue weighted by Crippen LogP contribution is -1.93. The molecule has 0 amide bonds. The Labute approximate surface area is 266 Å². The van der Waals surface area contributed by atoms with Crippen LogP contribution in [0.2, 0.25) is 0 Å². The third kappa shape index (κ3) is 4.39. The van der Waals surface area contributed by atoms with Crippen LogP contribution in [0.3, 0.4) is 0 Å². The molecular weight excluding hydrogens is 570 g/mol. The minimum Gasteiger partial charge on any atom is -0.454 e. The summed E-state index contributed by atoms with van der Waals surface area (Å²) in [5, 5.41) is 0. The van der Waals surface area contributed by atoms with Crippen LogP contribution in [0.15, 0.2) is 115 Å². The number of fused-ring (bicyclic) bond motifs is 5. The van der Waals surface area contributed by atoms with E-state index in [1.807, 2.05) is 48.5 Å². The van der Waals surface area contributed by atoms with Crippen molar-refractivity contribution < 1.29 is 18.9 Å². The van der Waals surface area contributed by atoms with Gasteiger partial charge in [0.15, 0.2) is 23.0 Å². The smallest absolute Gasteiger partial charge is 0.231 e. The molecule has 5 aromatic carbocycles. The minimum atomic E-state index is 0.217. The van der Waals surface area contributed by atoms with Crippen LogP contribution in [-0.4, -0.2) is 18.6 Å². The molecule has 3 aliphatic rings. The van der Waals surface area contributed by atoms with Gasteiger partial charge >= 0.3 is 0 Å². The highest BCUT2D eigenvalue weighted by molar-refractivity contribution is 6.07. The lowest BCUT2D eigenvalue weighted by Gasteiger charge is -2.13. The monoisotopic (exact) mass is 595 g/mol. The molecule has 0 unspecified atom stereocenters. The lowest BCUT2D eigenvalue weighted by atomic mass is 9.95. The van der Waals surface area contributed by atoms with E-state index in [0.29, 0.717) is 11.5 Å². The zero-order valence-corrected chi connectivity index (χ0v) is 24.6. The first-order valence-electron chi connectivity index (χ1n) is 15.1. The molecule has 0 saturated carbocycles. The number of benzene rings is 5. The molecule has 2 aliphatic heterocycles. The Kier molecular flexibility index (Phi) is 5.94. The molecule has 0 saturated heterocycles. The molecule has 1 aromatic heterocycles. The summed E-state index contributed by atoms with van der Waals surface area (Å²) in [5.74, 6) is 5.67. The van der Waals surface area contributed by atoms with Crippen LogP contribution in [0.5, 0.6) is 23.0 Å². The number of hydrogen-bond donors (Lipinski definition) is 0. The van der Waals surface area contributed by atoms with Gasteiger partial charge in [0.2, 0.25) is 13.6 Å². The summed E-state index contributed by atoms with van der Waals surface area (Å²) in [6.45, 7) is 0.435. The van der Waals surface area contributed by atoms with Gasteiger partial charge < -0.3 is 18.9 Å². The van der Waals surface area contributed by atoms with E-state index in [2.05, 4.69) is 78.7 Å². The van der Waals surface area contributed by atoms with Crippen molar-refractivity contribution in [1.82, 2.24) is 4.98 Å². The van der Waals surface area contributed by atoms with Gasteiger partial charge in [-0.3, -0.25) is 0 Å². The number of ether oxygens (including phenoxy) is 4. The highest BCUT2D eigenvalue weighted by atomic mass is 16.7. The fourth-order valence-corrected chi connectivity index (χ4v) is 6.42. The van der Waals surface area contributed by atoms with Gasteiger partial charge in [0.1, 0.15) is 0 Å². The second-order valence-electron chi connectivity index (χ2n) is 11.4. The summed E-state index contributed by atoms with van der Waals surface area (Å²) in [6.07, 6.45) is 7.96. The first kappa shape index (κ1) is 26.2. The molecule has 6 aromatic rings. The van der Waals surface area contributed by atoms with Crippen LogP contribution in [-0.2, 0) is 0 Å². The quantitative estimate of drug-likeness (QED) is 0.190. The van der Waals surface area contributed by atoms with E-state index >= 15 is 0 Å². The van der Waals surface area contributed by atoms with Crippen molar-refractivity contribution in [2.45, 2.75) is 0 Å². The first-order chi connectivity index (χ1) is 22.7. The van der Waals surface area contributed by atoms with Gasteiger partial charge in [-0.25, -0.2) is 4.98 Å². The van der Waals surface area contributed by atoms with Gasteiger partial charge in [0.05, 0.1) is 11.4 Å². The number of terminal acetylenes is 1. The van der Waals surface area contributed by atoms with Crippen LogP contribution in [0, 0.1) is 12.3 Å². The van der Waals surface area contributed by atoms with Crippen molar-refractivity contribution >= 4 is 11.6 Å². The molecule has 0 radical (unpaired) electrons. The van der Waals surface area contributed by atoms with Crippen LogP contribution >= 0.6 is 0 Å². The predicted molar refractivity (Wildman–Crippen MR) is 180 cm³/mol. The van der Waals surface area contributed by atoms with E-state index in [4.69, 9.17) is 30.4 Å². The Morgan fingerprint density at radius 3 is 1.85 bits per heavy atom. The van der Waals surface area contributed by atoms with Crippen molar-refractivity contribution in [2.24, 2.45) is 0 Å². The Morgan fingerprint density at radius 1 is 0.522 bits per heavy atom. The van der Waals surface area contributed by atoms with Crippen LogP contribution in [0.25, 0.3) is 56.4 Å². The third-order valence-corrected chi connectivity index (χ3v) is 8.68. The number of hydrogen-bond acceptors (Lipinski definition) is 5. The number of rotatable bonds is 4. The SMILES string of the molecule is C#Cc1cccc(/C=C2\c3ccccc3-c3ccc(-c4cc(-c5ccc6c(c5)OCO6)nc(-c5ccc6c(c5)OCO6)c4)cc32)c1. The fraction of sp³-hybridized carbons (Fsp3) is 0.0488. The first-order valence-corrected chi connectivity index (χ1v) is 15.1. The normalized spacial score (nSPS) is 14.2. The van der Waals surface area contributed by atoms with Crippen molar-refractivity contribution in [1.29, 1.82) is 0 Å². The van der Waals surface area contributed by atoms with Crippen molar-refractivity contribution in [2.75, 3.05) is 13.6 Å². The molecule has 0 atom stereocenters. The van der Waals surface area contributed by atoms with Crippen molar-refractivity contribution in [3.63, 3.8) is 0 Å². The van der Waals surface area contributed by atoms with Gasteiger partial charge in [-0.2, -0.15) is 0 Å². The van der Waals surface area contributed by atoms with E-state index in [1.54, 1.807) is 0 Å². The van der Waals surface area contributed by atoms with Gasteiger partial charge in [0.25, 0.3) is 0 Å². The summed E-state index contributed by atoms with van der Waals surface area (Å²) in [5.41, 5.74) is 13.6. The number of aromatic nitrogens is 1. The standard InChI is InChI=1S/C41H25NO4/c1-2-25-6-5-7-26(16-25)17-34-32-9-4-3-8-31(32)33-13-10-27(18-35(33)34)30-19-36(28-11-14-38-40(21-28)45-23-43-38)42-37(20-30)29-12-15-39-41(22-29)46-24-44-39/h1,3-22H,23-24H2/b34-17+. The van der Waals surface area contributed by atoms with Gasteiger partial charge in [-0.15, -0.1) is 6.42 Å². The lowest BCUT2D eigenvalue weighted by molar-refractivity contribution is 0.173. The Balaban J connectivity index is 1.21. The second kappa shape index (κ2) is 10.4. The van der Waals surface area contributed by atoms with E-state index in [1.165, 1.54) is 27.8 Å². The van der Waals surface area contributed by atoms with Crippen molar-refractivity contribution in [3.8, 4) is 80.1 Å². The average molecular weight is 596 g/mol. The largest absolute Gasteiger partial charge is 0.454 e.